The third-order valence-corrected chi connectivity index (χ3v) is 3.34. The predicted molar refractivity (Wildman–Crippen MR) is 88.1 cm³/mol. The number of ether oxygens (including phenoxy) is 2. The number of carbonyl (C=O) groups is 1. The highest BCUT2D eigenvalue weighted by Gasteiger charge is 2.03. The Morgan fingerprint density at radius 2 is 1.43 bits per heavy atom. The van der Waals surface area contributed by atoms with Gasteiger partial charge in [0.05, 0.1) is 12.8 Å². The summed E-state index contributed by atoms with van der Waals surface area (Å²) in [6, 6.07) is 20.3. The van der Waals surface area contributed by atoms with Crippen molar-refractivity contribution in [3.05, 3.63) is 72.4 Å². The van der Waals surface area contributed by atoms with E-state index in [0.29, 0.717) is 5.69 Å². The molecular formula is C19H15NO3. The first-order valence-electron chi connectivity index (χ1n) is 7.13. The number of carbonyl (C=O) groups excluding carboxylic acids is 1. The Bertz CT molecular complexity index is 796. The van der Waals surface area contributed by atoms with E-state index < -0.39 is 0 Å². The van der Waals surface area contributed by atoms with Gasteiger partial charge in [0.15, 0.2) is 6.29 Å². The van der Waals surface area contributed by atoms with Crippen LogP contribution >= 0.6 is 0 Å². The first-order chi connectivity index (χ1) is 11.3. The average Bonchev–Trinajstić information content (AvgIpc) is 2.63. The highest BCUT2D eigenvalue weighted by molar-refractivity contribution is 5.73. The van der Waals surface area contributed by atoms with Crippen LogP contribution in [0.4, 0.5) is 0 Å². The summed E-state index contributed by atoms with van der Waals surface area (Å²) in [6.07, 6.45) is 0.741. The third kappa shape index (κ3) is 3.55. The molecule has 3 rings (SSSR count). The van der Waals surface area contributed by atoms with Gasteiger partial charge in [0, 0.05) is 5.56 Å². The minimum atomic E-state index is 0.418. The van der Waals surface area contributed by atoms with E-state index in [2.05, 4.69) is 4.98 Å². The van der Waals surface area contributed by atoms with Gasteiger partial charge in [-0.05, 0) is 60.7 Å². The predicted octanol–water partition coefficient (Wildman–Crippen LogP) is 4.36. The van der Waals surface area contributed by atoms with Crippen LogP contribution in [0.25, 0.3) is 11.3 Å². The highest BCUT2D eigenvalue weighted by Crippen LogP contribution is 2.26. The summed E-state index contributed by atoms with van der Waals surface area (Å²) in [5.41, 5.74) is 2.10. The van der Waals surface area contributed by atoms with E-state index in [4.69, 9.17) is 9.47 Å². The van der Waals surface area contributed by atoms with Gasteiger partial charge >= 0.3 is 0 Å². The molecular weight excluding hydrogens is 290 g/mol. The van der Waals surface area contributed by atoms with Gasteiger partial charge in [-0.1, -0.05) is 6.07 Å². The van der Waals surface area contributed by atoms with Crippen LogP contribution in [0, 0.1) is 0 Å². The highest BCUT2D eigenvalue weighted by atomic mass is 16.5. The topological polar surface area (TPSA) is 48.4 Å². The molecule has 0 aliphatic carbocycles. The van der Waals surface area contributed by atoms with Gasteiger partial charge in [0.2, 0.25) is 0 Å². The van der Waals surface area contributed by atoms with E-state index in [-0.39, 0.29) is 0 Å². The van der Waals surface area contributed by atoms with Crippen molar-refractivity contribution in [2.24, 2.45) is 0 Å². The minimum absolute atomic E-state index is 0.418. The number of rotatable bonds is 5. The maximum atomic E-state index is 10.8. The van der Waals surface area contributed by atoms with Crippen molar-refractivity contribution in [1.82, 2.24) is 4.98 Å². The van der Waals surface area contributed by atoms with Crippen LogP contribution < -0.4 is 9.47 Å². The van der Waals surface area contributed by atoms with E-state index in [1.807, 2.05) is 60.7 Å². The zero-order chi connectivity index (χ0) is 16.1. The van der Waals surface area contributed by atoms with E-state index in [9.17, 15) is 4.79 Å². The first-order valence-corrected chi connectivity index (χ1v) is 7.13. The summed E-state index contributed by atoms with van der Waals surface area (Å²) in [7, 11) is 1.63. The second kappa shape index (κ2) is 6.75. The molecule has 0 N–H and O–H groups in total. The molecule has 0 unspecified atom stereocenters. The van der Waals surface area contributed by atoms with Crippen molar-refractivity contribution in [1.29, 1.82) is 0 Å². The van der Waals surface area contributed by atoms with E-state index in [1.165, 1.54) is 0 Å². The van der Waals surface area contributed by atoms with Crippen LogP contribution in [0.5, 0.6) is 17.2 Å². The standard InChI is InChI=1S/C19H15NO3/c1-22-16-9-11-18(12-10-16)23-17-7-5-14(6-8-17)19-4-2-3-15(13-21)20-19/h2-13H,1H3. The summed E-state index contributed by atoms with van der Waals surface area (Å²) >= 11 is 0. The molecule has 0 spiro atoms. The average molecular weight is 305 g/mol. The smallest absolute Gasteiger partial charge is 0.168 e. The molecule has 0 atom stereocenters. The molecule has 0 saturated heterocycles. The molecule has 0 aliphatic rings. The quantitative estimate of drug-likeness (QED) is 0.657. The largest absolute Gasteiger partial charge is 0.497 e. The van der Waals surface area contributed by atoms with Gasteiger partial charge in [-0.15, -0.1) is 0 Å². The number of nitrogens with zero attached hydrogens (tertiary/aromatic N) is 1. The Kier molecular flexibility index (Phi) is 4.34. The monoisotopic (exact) mass is 305 g/mol. The molecule has 114 valence electrons. The summed E-state index contributed by atoms with van der Waals surface area (Å²) in [5, 5.41) is 0. The maximum Gasteiger partial charge on any atom is 0.168 e. The molecule has 0 aliphatic heterocycles. The Morgan fingerprint density at radius 3 is 2.04 bits per heavy atom. The van der Waals surface area contributed by atoms with Gasteiger partial charge in [0.25, 0.3) is 0 Å². The summed E-state index contributed by atoms with van der Waals surface area (Å²) in [6.45, 7) is 0. The Balaban J connectivity index is 1.77. The molecule has 1 heterocycles. The lowest BCUT2D eigenvalue weighted by atomic mass is 10.1. The number of aromatic nitrogens is 1. The van der Waals surface area contributed by atoms with Crippen LogP contribution in [0.3, 0.4) is 0 Å². The van der Waals surface area contributed by atoms with Crippen LogP contribution in [0.1, 0.15) is 10.5 Å². The van der Waals surface area contributed by atoms with Gasteiger partial charge in [-0.25, -0.2) is 4.98 Å². The van der Waals surface area contributed by atoms with Crippen LogP contribution in [-0.4, -0.2) is 18.4 Å². The lowest BCUT2D eigenvalue weighted by Crippen LogP contribution is -1.90. The fourth-order valence-corrected chi connectivity index (χ4v) is 2.15. The number of hydrogen-bond acceptors (Lipinski definition) is 4. The fraction of sp³-hybridized carbons (Fsp3) is 0.0526. The van der Waals surface area contributed by atoms with Gasteiger partial charge in [-0.2, -0.15) is 0 Å². The minimum Gasteiger partial charge on any atom is -0.497 e. The maximum absolute atomic E-state index is 10.8. The second-order valence-corrected chi connectivity index (χ2v) is 4.87. The zero-order valence-electron chi connectivity index (χ0n) is 12.6. The molecule has 0 amide bonds. The van der Waals surface area contributed by atoms with Crippen molar-refractivity contribution < 1.29 is 14.3 Å². The Hall–Kier alpha value is -3.14. The number of pyridine rings is 1. The number of benzene rings is 2. The van der Waals surface area contributed by atoms with Gasteiger partial charge in [0.1, 0.15) is 22.9 Å². The van der Waals surface area contributed by atoms with E-state index in [0.717, 1.165) is 34.8 Å². The molecule has 0 bridgehead atoms. The molecule has 23 heavy (non-hydrogen) atoms. The fourth-order valence-electron chi connectivity index (χ4n) is 2.15. The first kappa shape index (κ1) is 14.8. The Labute approximate surface area is 134 Å². The van der Waals surface area contributed by atoms with Crippen molar-refractivity contribution in [2.75, 3.05) is 7.11 Å². The molecule has 4 nitrogen and oxygen atoms in total. The third-order valence-electron chi connectivity index (χ3n) is 3.34. The second-order valence-electron chi connectivity index (χ2n) is 4.87. The lowest BCUT2D eigenvalue weighted by Gasteiger charge is -2.08. The molecule has 0 fully saturated rings. The van der Waals surface area contributed by atoms with Crippen molar-refractivity contribution in [3.63, 3.8) is 0 Å². The van der Waals surface area contributed by atoms with Crippen molar-refractivity contribution in [2.45, 2.75) is 0 Å². The molecule has 3 aromatic rings. The molecule has 0 radical (unpaired) electrons. The summed E-state index contributed by atoms with van der Waals surface area (Å²) in [4.78, 5) is 15.1. The summed E-state index contributed by atoms with van der Waals surface area (Å²) in [5.74, 6) is 2.25. The van der Waals surface area contributed by atoms with Gasteiger partial charge in [-0.3, -0.25) is 4.79 Å². The number of methoxy groups -OCH3 is 1. The molecule has 2 aromatic carbocycles. The normalized spacial score (nSPS) is 10.1. The van der Waals surface area contributed by atoms with Crippen LogP contribution in [0.2, 0.25) is 0 Å². The van der Waals surface area contributed by atoms with E-state index >= 15 is 0 Å². The van der Waals surface area contributed by atoms with Crippen molar-refractivity contribution in [3.8, 4) is 28.5 Å². The van der Waals surface area contributed by atoms with E-state index in [1.54, 1.807) is 13.2 Å². The molecule has 4 heteroatoms. The number of aldehydes is 1. The molecule has 0 saturated carbocycles. The van der Waals surface area contributed by atoms with Crippen molar-refractivity contribution >= 4 is 6.29 Å². The lowest BCUT2D eigenvalue weighted by molar-refractivity contribution is 0.111. The SMILES string of the molecule is COc1ccc(Oc2ccc(-c3cccc(C=O)n3)cc2)cc1. The number of hydrogen-bond donors (Lipinski definition) is 0. The van der Waals surface area contributed by atoms with Crippen LogP contribution in [-0.2, 0) is 0 Å². The van der Waals surface area contributed by atoms with Crippen LogP contribution in [0.15, 0.2) is 66.7 Å². The Morgan fingerprint density at radius 1 is 0.826 bits per heavy atom. The summed E-state index contributed by atoms with van der Waals surface area (Å²) < 4.78 is 10.9. The molecule has 1 aromatic heterocycles. The zero-order valence-corrected chi connectivity index (χ0v) is 12.6. The van der Waals surface area contributed by atoms with Gasteiger partial charge < -0.3 is 9.47 Å².